The monoisotopic (exact) mass is 156 g/mol. The molecule has 0 spiro atoms. The molecular formula is C8H14NO2. The fourth-order valence-corrected chi connectivity index (χ4v) is 1.24. The molecule has 0 N–H and O–H groups in total. The van der Waals surface area contributed by atoms with E-state index in [4.69, 9.17) is 4.74 Å². The van der Waals surface area contributed by atoms with Gasteiger partial charge in [0.15, 0.2) is 0 Å². The summed E-state index contributed by atoms with van der Waals surface area (Å²) in [4.78, 5) is 11.1. The fraction of sp³-hybridized carbons (Fsp3) is 0.875. The van der Waals surface area contributed by atoms with Crippen LogP contribution < -0.4 is 5.32 Å². The lowest BCUT2D eigenvalue weighted by molar-refractivity contribution is -0.148. The minimum atomic E-state index is -0.0732. The summed E-state index contributed by atoms with van der Waals surface area (Å²) in [6.07, 6.45) is 1.98. The molecule has 63 valence electrons. The Labute approximate surface area is 67.1 Å². The van der Waals surface area contributed by atoms with Crippen LogP contribution in [-0.4, -0.2) is 25.7 Å². The zero-order valence-corrected chi connectivity index (χ0v) is 6.88. The molecule has 0 aromatic carbocycles. The summed E-state index contributed by atoms with van der Waals surface area (Å²) in [7, 11) is 0. The van der Waals surface area contributed by atoms with E-state index in [1.54, 1.807) is 0 Å². The molecule has 1 saturated heterocycles. The molecule has 1 unspecified atom stereocenters. The van der Waals surface area contributed by atoms with Crippen molar-refractivity contribution in [2.45, 2.75) is 19.8 Å². The number of esters is 1. The summed E-state index contributed by atoms with van der Waals surface area (Å²) < 4.78 is 4.88. The van der Waals surface area contributed by atoms with Crippen LogP contribution in [0.5, 0.6) is 0 Å². The molecule has 1 fully saturated rings. The molecule has 0 aliphatic carbocycles. The second-order valence-electron chi connectivity index (χ2n) is 2.72. The Kier molecular flexibility index (Phi) is 3.36. The molecule has 0 bridgehead atoms. The number of piperidine rings is 1. The first-order valence-electron chi connectivity index (χ1n) is 4.14. The Bertz CT molecular complexity index is 130. The minimum Gasteiger partial charge on any atom is -0.466 e. The Morgan fingerprint density at radius 1 is 1.73 bits per heavy atom. The first-order chi connectivity index (χ1) is 5.34. The fourth-order valence-electron chi connectivity index (χ4n) is 1.24. The lowest BCUT2D eigenvalue weighted by Crippen LogP contribution is -2.31. The third kappa shape index (κ3) is 2.50. The van der Waals surface area contributed by atoms with E-state index in [0.29, 0.717) is 13.2 Å². The maximum absolute atomic E-state index is 11.1. The van der Waals surface area contributed by atoms with Crippen LogP contribution >= 0.6 is 0 Å². The third-order valence-electron chi connectivity index (χ3n) is 1.84. The van der Waals surface area contributed by atoms with Crippen LogP contribution in [0.15, 0.2) is 0 Å². The smallest absolute Gasteiger partial charge is 0.310 e. The van der Waals surface area contributed by atoms with E-state index in [-0.39, 0.29) is 11.9 Å². The SMILES string of the molecule is CCOC(=O)C1CCC[N]C1. The third-order valence-corrected chi connectivity index (χ3v) is 1.84. The van der Waals surface area contributed by atoms with Crippen LogP contribution in [0.3, 0.4) is 0 Å². The quantitative estimate of drug-likeness (QED) is 0.548. The molecule has 0 aromatic heterocycles. The van der Waals surface area contributed by atoms with Gasteiger partial charge < -0.3 is 4.74 Å². The van der Waals surface area contributed by atoms with Gasteiger partial charge in [0.2, 0.25) is 0 Å². The summed E-state index contributed by atoms with van der Waals surface area (Å²) in [6, 6.07) is 0. The molecule has 0 saturated carbocycles. The van der Waals surface area contributed by atoms with Gasteiger partial charge in [0.25, 0.3) is 0 Å². The van der Waals surface area contributed by atoms with E-state index in [2.05, 4.69) is 5.32 Å². The molecule has 1 rings (SSSR count). The summed E-state index contributed by atoms with van der Waals surface area (Å²) in [5, 5.41) is 4.16. The number of hydrogen-bond acceptors (Lipinski definition) is 2. The van der Waals surface area contributed by atoms with Gasteiger partial charge in [-0.25, -0.2) is 5.32 Å². The molecule has 3 nitrogen and oxygen atoms in total. The van der Waals surface area contributed by atoms with Crippen LogP contribution in [-0.2, 0) is 9.53 Å². The Morgan fingerprint density at radius 3 is 3.09 bits per heavy atom. The van der Waals surface area contributed by atoms with E-state index in [1.807, 2.05) is 6.92 Å². The molecule has 0 aromatic rings. The highest BCUT2D eigenvalue weighted by Gasteiger charge is 2.22. The van der Waals surface area contributed by atoms with Gasteiger partial charge in [0.1, 0.15) is 0 Å². The number of rotatable bonds is 2. The van der Waals surface area contributed by atoms with E-state index in [0.717, 1.165) is 19.4 Å². The normalized spacial score (nSPS) is 24.6. The molecule has 1 aliphatic rings. The van der Waals surface area contributed by atoms with Crippen LogP contribution in [0.2, 0.25) is 0 Å². The van der Waals surface area contributed by atoms with Crippen LogP contribution in [0.4, 0.5) is 0 Å². The second kappa shape index (κ2) is 4.34. The van der Waals surface area contributed by atoms with Crippen molar-refractivity contribution < 1.29 is 9.53 Å². The van der Waals surface area contributed by atoms with E-state index >= 15 is 0 Å². The highest BCUT2D eigenvalue weighted by molar-refractivity contribution is 5.72. The highest BCUT2D eigenvalue weighted by Crippen LogP contribution is 2.12. The topological polar surface area (TPSA) is 40.4 Å². The summed E-state index contributed by atoms with van der Waals surface area (Å²) in [6.45, 7) is 3.89. The van der Waals surface area contributed by atoms with E-state index in [9.17, 15) is 4.79 Å². The van der Waals surface area contributed by atoms with Gasteiger partial charge >= 0.3 is 5.97 Å². The first-order valence-corrected chi connectivity index (χ1v) is 4.14. The number of carbonyl (C=O) groups is 1. The van der Waals surface area contributed by atoms with E-state index < -0.39 is 0 Å². The molecule has 1 atom stereocenters. The van der Waals surface area contributed by atoms with Gasteiger partial charge in [0.05, 0.1) is 12.5 Å². The molecule has 0 amide bonds. The van der Waals surface area contributed by atoms with Crippen LogP contribution in [0.25, 0.3) is 0 Å². The summed E-state index contributed by atoms with van der Waals surface area (Å²) in [5.41, 5.74) is 0. The predicted molar refractivity (Wildman–Crippen MR) is 41.2 cm³/mol. The molecular weight excluding hydrogens is 142 g/mol. The van der Waals surface area contributed by atoms with Crippen molar-refractivity contribution in [1.29, 1.82) is 0 Å². The van der Waals surface area contributed by atoms with Crippen molar-refractivity contribution in [3.8, 4) is 0 Å². The number of nitrogens with zero attached hydrogens (tertiary/aromatic N) is 1. The van der Waals surface area contributed by atoms with Crippen molar-refractivity contribution in [2.24, 2.45) is 5.92 Å². The first kappa shape index (κ1) is 8.53. The summed E-state index contributed by atoms with van der Waals surface area (Å²) >= 11 is 0. The Balaban J connectivity index is 2.27. The van der Waals surface area contributed by atoms with Crippen molar-refractivity contribution in [3.05, 3.63) is 0 Å². The number of ether oxygens (including phenoxy) is 1. The Hall–Kier alpha value is -0.570. The molecule has 1 heterocycles. The lowest BCUT2D eigenvalue weighted by Gasteiger charge is -2.19. The molecule has 11 heavy (non-hydrogen) atoms. The lowest BCUT2D eigenvalue weighted by atomic mass is 10.0. The maximum atomic E-state index is 11.1. The molecule has 1 radical (unpaired) electrons. The van der Waals surface area contributed by atoms with Gasteiger partial charge in [0, 0.05) is 13.1 Å². The van der Waals surface area contributed by atoms with Gasteiger partial charge in [-0.05, 0) is 19.8 Å². The highest BCUT2D eigenvalue weighted by atomic mass is 16.5. The van der Waals surface area contributed by atoms with Crippen molar-refractivity contribution in [1.82, 2.24) is 5.32 Å². The summed E-state index contributed by atoms with van der Waals surface area (Å²) in [5.74, 6) is -0.0281. The average Bonchev–Trinajstić information content (AvgIpc) is 2.07. The average molecular weight is 156 g/mol. The largest absolute Gasteiger partial charge is 0.466 e. The van der Waals surface area contributed by atoms with Crippen LogP contribution in [0, 0.1) is 5.92 Å². The van der Waals surface area contributed by atoms with Gasteiger partial charge in [-0.15, -0.1) is 0 Å². The van der Waals surface area contributed by atoms with Crippen LogP contribution in [0.1, 0.15) is 19.8 Å². The molecule has 1 aliphatic heterocycles. The Morgan fingerprint density at radius 2 is 2.55 bits per heavy atom. The number of hydrogen-bond donors (Lipinski definition) is 0. The molecule has 3 heteroatoms. The van der Waals surface area contributed by atoms with Crippen molar-refractivity contribution >= 4 is 5.97 Å². The maximum Gasteiger partial charge on any atom is 0.310 e. The zero-order chi connectivity index (χ0) is 8.10. The van der Waals surface area contributed by atoms with Gasteiger partial charge in [-0.1, -0.05) is 0 Å². The van der Waals surface area contributed by atoms with Crippen molar-refractivity contribution in [3.63, 3.8) is 0 Å². The predicted octanol–water partition coefficient (Wildman–Crippen LogP) is 0.564. The number of carbonyl (C=O) groups excluding carboxylic acids is 1. The zero-order valence-electron chi connectivity index (χ0n) is 6.88. The van der Waals surface area contributed by atoms with Gasteiger partial charge in [-0.3, -0.25) is 4.79 Å². The second-order valence-corrected chi connectivity index (χ2v) is 2.72. The van der Waals surface area contributed by atoms with Gasteiger partial charge in [-0.2, -0.15) is 0 Å². The minimum absolute atomic E-state index is 0.0451. The standard InChI is InChI=1S/C8H14NO2/c1-2-11-8(10)7-4-3-5-9-6-7/h7H,2-6H2,1H3. The van der Waals surface area contributed by atoms with Crippen molar-refractivity contribution in [2.75, 3.05) is 19.7 Å². The van der Waals surface area contributed by atoms with E-state index in [1.165, 1.54) is 0 Å².